The van der Waals surface area contributed by atoms with Crippen LogP contribution in [0.25, 0.3) is 5.69 Å². The normalized spacial score (nSPS) is 10.1. The molecule has 1 heterocycles. The van der Waals surface area contributed by atoms with E-state index in [9.17, 15) is 4.79 Å². The van der Waals surface area contributed by atoms with E-state index in [2.05, 4.69) is 10.4 Å². The topological polar surface area (TPSA) is 72.9 Å². The van der Waals surface area contributed by atoms with Crippen LogP contribution in [-0.4, -0.2) is 22.7 Å². The van der Waals surface area contributed by atoms with Crippen molar-refractivity contribution in [3.8, 4) is 5.69 Å². The van der Waals surface area contributed by atoms with E-state index < -0.39 is 0 Å². The van der Waals surface area contributed by atoms with Crippen LogP contribution in [0.2, 0.25) is 0 Å². The van der Waals surface area contributed by atoms with Crippen molar-refractivity contribution >= 4 is 11.6 Å². The van der Waals surface area contributed by atoms with E-state index in [1.165, 1.54) is 0 Å². The fourth-order valence-corrected chi connectivity index (χ4v) is 1.48. The van der Waals surface area contributed by atoms with Gasteiger partial charge in [0.15, 0.2) is 0 Å². The van der Waals surface area contributed by atoms with Gasteiger partial charge in [0.2, 0.25) is 0 Å². The summed E-state index contributed by atoms with van der Waals surface area (Å²) in [7, 11) is 1.59. The van der Waals surface area contributed by atoms with Gasteiger partial charge in [-0.1, -0.05) is 0 Å². The Morgan fingerprint density at radius 1 is 1.50 bits per heavy atom. The van der Waals surface area contributed by atoms with Crippen LogP contribution in [0, 0.1) is 0 Å². The van der Waals surface area contributed by atoms with Crippen LogP contribution in [0.3, 0.4) is 0 Å². The highest BCUT2D eigenvalue weighted by molar-refractivity contribution is 5.98. The van der Waals surface area contributed by atoms with E-state index in [-0.39, 0.29) is 5.91 Å². The van der Waals surface area contributed by atoms with Crippen LogP contribution in [-0.2, 0) is 0 Å². The Morgan fingerprint density at radius 3 is 2.94 bits per heavy atom. The van der Waals surface area contributed by atoms with Crippen molar-refractivity contribution in [2.75, 3.05) is 12.8 Å². The molecule has 1 amide bonds. The summed E-state index contributed by atoms with van der Waals surface area (Å²) >= 11 is 0. The second kappa shape index (κ2) is 4.06. The molecule has 0 radical (unpaired) electrons. The average Bonchev–Trinajstić information content (AvgIpc) is 2.81. The van der Waals surface area contributed by atoms with E-state index in [0.717, 1.165) is 0 Å². The average molecular weight is 216 g/mol. The van der Waals surface area contributed by atoms with Crippen LogP contribution in [0.5, 0.6) is 0 Å². The number of aromatic nitrogens is 2. The monoisotopic (exact) mass is 216 g/mol. The molecular weight excluding hydrogens is 204 g/mol. The van der Waals surface area contributed by atoms with Gasteiger partial charge in [0.1, 0.15) is 0 Å². The molecule has 2 aromatic rings. The summed E-state index contributed by atoms with van der Waals surface area (Å²) in [5, 5.41) is 6.67. The quantitative estimate of drug-likeness (QED) is 0.730. The predicted octanol–water partition coefficient (Wildman–Crippen LogP) is 0.814. The molecule has 0 spiro atoms. The summed E-state index contributed by atoms with van der Waals surface area (Å²) in [6.45, 7) is 0. The number of benzene rings is 1. The maximum absolute atomic E-state index is 11.6. The number of anilines is 1. The third-order valence-corrected chi connectivity index (χ3v) is 2.24. The van der Waals surface area contributed by atoms with Gasteiger partial charge in [0, 0.05) is 25.1 Å². The van der Waals surface area contributed by atoms with E-state index >= 15 is 0 Å². The van der Waals surface area contributed by atoms with Gasteiger partial charge in [-0.15, -0.1) is 0 Å². The van der Waals surface area contributed by atoms with E-state index in [1.54, 1.807) is 48.4 Å². The van der Waals surface area contributed by atoms with Crippen molar-refractivity contribution < 1.29 is 4.79 Å². The van der Waals surface area contributed by atoms with Gasteiger partial charge in [-0.25, -0.2) is 4.68 Å². The van der Waals surface area contributed by atoms with Crippen molar-refractivity contribution in [2.45, 2.75) is 0 Å². The van der Waals surface area contributed by atoms with Crippen molar-refractivity contribution in [1.29, 1.82) is 0 Å². The molecule has 3 N–H and O–H groups in total. The summed E-state index contributed by atoms with van der Waals surface area (Å²) in [5.74, 6) is -0.162. The molecule has 0 aliphatic carbocycles. The first-order valence-electron chi connectivity index (χ1n) is 4.84. The summed E-state index contributed by atoms with van der Waals surface area (Å²) in [4.78, 5) is 11.6. The van der Waals surface area contributed by atoms with Crippen LogP contribution in [0.1, 0.15) is 10.4 Å². The number of nitrogens with zero attached hydrogens (tertiary/aromatic N) is 2. The van der Waals surface area contributed by atoms with E-state index in [4.69, 9.17) is 5.73 Å². The molecule has 0 atom stereocenters. The maximum Gasteiger partial charge on any atom is 0.253 e. The minimum absolute atomic E-state index is 0.162. The molecule has 0 bridgehead atoms. The van der Waals surface area contributed by atoms with Gasteiger partial charge in [0.25, 0.3) is 5.91 Å². The molecule has 0 saturated heterocycles. The van der Waals surface area contributed by atoms with Crippen molar-refractivity contribution in [3.05, 3.63) is 42.2 Å². The van der Waals surface area contributed by atoms with Crippen LogP contribution in [0.4, 0.5) is 5.69 Å². The summed E-state index contributed by atoms with van der Waals surface area (Å²) in [6, 6.07) is 6.89. The van der Waals surface area contributed by atoms with Crippen molar-refractivity contribution in [3.63, 3.8) is 0 Å². The van der Waals surface area contributed by atoms with Crippen molar-refractivity contribution in [2.24, 2.45) is 0 Å². The first-order chi connectivity index (χ1) is 7.72. The fraction of sp³-hybridized carbons (Fsp3) is 0.0909. The molecule has 0 aliphatic rings. The summed E-state index contributed by atoms with van der Waals surface area (Å²) < 4.78 is 1.61. The Labute approximate surface area is 92.9 Å². The lowest BCUT2D eigenvalue weighted by Crippen LogP contribution is -2.20. The summed E-state index contributed by atoms with van der Waals surface area (Å²) in [6.07, 6.45) is 3.41. The van der Waals surface area contributed by atoms with Gasteiger partial charge >= 0.3 is 0 Å². The lowest BCUT2D eigenvalue weighted by atomic mass is 10.1. The zero-order chi connectivity index (χ0) is 11.5. The zero-order valence-corrected chi connectivity index (χ0v) is 8.84. The smallest absolute Gasteiger partial charge is 0.253 e. The van der Waals surface area contributed by atoms with Crippen LogP contribution >= 0.6 is 0 Å². The highest BCUT2D eigenvalue weighted by atomic mass is 16.1. The molecule has 5 heteroatoms. The molecule has 2 rings (SSSR count). The molecule has 0 unspecified atom stereocenters. The molecule has 1 aromatic carbocycles. The highest BCUT2D eigenvalue weighted by Crippen LogP contribution is 2.17. The number of nitrogen functional groups attached to an aromatic ring is 1. The maximum atomic E-state index is 11.6. The van der Waals surface area contributed by atoms with Gasteiger partial charge in [0.05, 0.1) is 11.3 Å². The number of hydrogen-bond acceptors (Lipinski definition) is 3. The lowest BCUT2D eigenvalue weighted by molar-refractivity contribution is 0.0963. The van der Waals surface area contributed by atoms with Gasteiger partial charge in [-0.2, -0.15) is 5.10 Å². The number of nitrogens with one attached hydrogen (secondary N) is 1. The second-order valence-corrected chi connectivity index (χ2v) is 3.31. The molecular formula is C11H12N4O. The third kappa shape index (κ3) is 1.75. The van der Waals surface area contributed by atoms with E-state index in [0.29, 0.717) is 16.9 Å². The SMILES string of the molecule is CNC(=O)c1ccc(N)cc1-n1cccn1. The standard InChI is InChI=1S/C11H12N4O/c1-13-11(16)9-4-3-8(12)7-10(9)15-6-2-5-14-15/h2-7H,12H2,1H3,(H,13,16). The lowest BCUT2D eigenvalue weighted by Gasteiger charge is -2.09. The Hall–Kier alpha value is -2.30. The number of nitrogens with two attached hydrogens (primary N) is 1. The fourth-order valence-electron chi connectivity index (χ4n) is 1.48. The van der Waals surface area contributed by atoms with Crippen LogP contribution in [0.15, 0.2) is 36.7 Å². The minimum atomic E-state index is -0.162. The Morgan fingerprint density at radius 2 is 2.31 bits per heavy atom. The number of carbonyl (C=O) groups excluding carboxylic acids is 1. The number of rotatable bonds is 2. The highest BCUT2D eigenvalue weighted by Gasteiger charge is 2.11. The Kier molecular flexibility index (Phi) is 2.59. The second-order valence-electron chi connectivity index (χ2n) is 3.31. The van der Waals surface area contributed by atoms with Gasteiger partial charge in [-0.3, -0.25) is 4.79 Å². The number of hydrogen-bond donors (Lipinski definition) is 2. The Bertz CT molecular complexity index is 505. The van der Waals surface area contributed by atoms with E-state index in [1.807, 2.05) is 0 Å². The van der Waals surface area contributed by atoms with Gasteiger partial charge in [-0.05, 0) is 24.3 Å². The van der Waals surface area contributed by atoms with Crippen molar-refractivity contribution in [1.82, 2.24) is 15.1 Å². The molecule has 16 heavy (non-hydrogen) atoms. The molecule has 5 nitrogen and oxygen atoms in total. The molecule has 1 aromatic heterocycles. The number of carbonyl (C=O) groups is 1. The predicted molar refractivity (Wildman–Crippen MR) is 61.4 cm³/mol. The minimum Gasteiger partial charge on any atom is -0.399 e. The molecule has 0 fully saturated rings. The first-order valence-corrected chi connectivity index (χ1v) is 4.84. The molecule has 82 valence electrons. The van der Waals surface area contributed by atoms with Crippen LogP contribution < -0.4 is 11.1 Å². The number of amides is 1. The largest absolute Gasteiger partial charge is 0.399 e. The molecule has 0 aliphatic heterocycles. The first kappa shape index (κ1) is 10.2. The summed E-state index contributed by atoms with van der Waals surface area (Å²) in [5.41, 5.74) is 7.51. The Balaban J connectivity index is 2.57. The van der Waals surface area contributed by atoms with Gasteiger partial charge < -0.3 is 11.1 Å². The third-order valence-electron chi connectivity index (χ3n) is 2.24. The zero-order valence-electron chi connectivity index (χ0n) is 8.84. The molecule has 0 saturated carbocycles.